The number of aliphatic hydroxyl groups excluding tert-OH is 1. The summed E-state index contributed by atoms with van der Waals surface area (Å²) >= 11 is 7.60. The third-order valence-corrected chi connectivity index (χ3v) is 6.10. The van der Waals surface area contributed by atoms with Crippen molar-refractivity contribution >= 4 is 40.4 Å². The van der Waals surface area contributed by atoms with Crippen molar-refractivity contribution in [3.8, 4) is 5.75 Å². The van der Waals surface area contributed by atoms with Crippen molar-refractivity contribution in [2.75, 3.05) is 33.8 Å². The van der Waals surface area contributed by atoms with Gasteiger partial charge in [-0.3, -0.25) is 9.59 Å². The van der Waals surface area contributed by atoms with E-state index in [9.17, 15) is 14.7 Å². The van der Waals surface area contributed by atoms with Crippen LogP contribution in [0.4, 0.5) is 0 Å². The number of hydrogen-bond donors (Lipinski definition) is 1. The van der Waals surface area contributed by atoms with Gasteiger partial charge in [-0.1, -0.05) is 17.7 Å². The minimum Gasteiger partial charge on any atom is -0.507 e. The van der Waals surface area contributed by atoms with Gasteiger partial charge in [0.2, 0.25) is 0 Å². The Labute approximate surface area is 185 Å². The Balaban J connectivity index is 2.05. The number of carbonyl (C=O) groups excluding carboxylic acids is 2. The number of likely N-dealkylation sites (tertiary alicyclic amines) is 1. The first-order chi connectivity index (χ1) is 14.3. The summed E-state index contributed by atoms with van der Waals surface area (Å²) < 4.78 is 5.50. The van der Waals surface area contributed by atoms with Gasteiger partial charge in [-0.25, -0.2) is 0 Å². The number of carbonyl (C=O) groups is 2. The zero-order valence-electron chi connectivity index (χ0n) is 17.2. The van der Waals surface area contributed by atoms with Gasteiger partial charge < -0.3 is 19.6 Å². The molecule has 8 heteroatoms. The van der Waals surface area contributed by atoms with E-state index in [1.165, 1.54) is 11.3 Å². The molecule has 0 aliphatic carbocycles. The Morgan fingerprint density at radius 2 is 2.07 bits per heavy atom. The summed E-state index contributed by atoms with van der Waals surface area (Å²) in [5.41, 5.74) is 0.479. The van der Waals surface area contributed by atoms with E-state index in [4.69, 9.17) is 16.3 Å². The standard InChI is InChI=1S/C22H25ClN2O4S/c1-4-29-16-13-14(8-9-15(16)23)20(26)18-19(17-7-5-12-30-17)25(22(28)21(18)27)11-6-10-24(2)3/h5,7-9,12-13,19,26H,4,6,10-11H2,1-3H3/b20-18-. The molecule has 0 bridgehead atoms. The molecule has 1 aromatic carbocycles. The molecule has 2 heterocycles. The lowest BCUT2D eigenvalue weighted by molar-refractivity contribution is -0.139. The average Bonchev–Trinajstić information content (AvgIpc) is 3.31. The van der Waals surface area contributed by atoms with Crippen molar-refractivity contribution in [1.29, 1.82) is 0 Å². The van der Waals surface area contributed by atoms with Crippen LogP contribution in [0.25, 0.3) is 5.76 Å². The first kappa shape index (κ1) is 22.3. The number of ether oxygens (including phenoxy) is 1. The van der Waals surface area contributed by atoms with Crippen molar-refractivity contribution in [3.63, 3.8) is 0 Å². The van der Waals surface area contributed by atoms with Gasteiger partial charge in [0.05, 0.1) is 23.2 Å². The maximum Gasteiger partial charge on any atom is 0.295 e. The van der Waals surface area contributed by atoms with Gasteiger partial charge in [-0.05, 0) is 63.6 Å². The summed E-state index contributed by atoms with van der Waals surface area (Å²) in [4.78, 5) is 30.2. The van der Waals surface area contributed by atoms with Crippen LogP contribution in [-0.4, -0.2) is 60.4 Å². The zero-order chi connectivity index (χ0) is 21.8. The van der Waals surface area contributed by atoms with Crippen LogP contribution in [-0.2, 0) is 9.59 Å². The van der Waals surface area contributed by atoms with E-state index in [0.717, 1.165) is 17.8 Å². The molecule has 1 unspecified atom stereocenters. The molecule has 2 aromatic rings. The predicted octanol–water partition coefficient (Wildman–Crippen LogP) is 4.17. The largest absolute Gasteiger partial charge is 0.507 e. The summed E-state index contributed by atoms with van der Waals surface area (Å²) in [5, 5.41) is 13.4. The highest BCUT2D eigenvalue weighted by molar-refractivity contribution is 7.10. The summed E-state index contributed by atoms with van der Waals surface area (Å²) in [6.07, 6.45) is 0.720. The van der Waals surface area contributed by atoms with Crippen molar-refractivity contribution in [3.05, 3.63) is 56.7 Å². The van der Waals surface area contributed by atoms with E-state index in [1.54, 1.807) is 23.1 Å². The summed E-state index contributed by atoms with van der Waals surface area (Å²) in [6.45, 7) is 3.45. The monoisotopic (exact) mass is 448 g/mol. The van der Waals surface area contributed by atoms with Gasteiger partial charge in [0.15, 0.2) is 0 Å². The first-order valence-corrected chi connectivity index (χ1v) is 11.0. The number of benzene rings is 1. The van der Waals surface area contributed by atoms with Crippen LogP contribution in [0.3, 0.4) is 0 Å². The topological polar surface area (TPSA) is 70.1 Å². The highest BCUT2D eigenvalue weighted by atomic mass is 35.5. The maximum absolute atomic E-state index is 12.9. The van der Waals surface area contributed by atoms with Gasteiger partial charge in [-0.2, -0.15) is 0 Å². The Morgan fingerprint density at radius 3 is 2.70 bits per heavy atom. The molecule has 1 aliphatic heterocycles. The number of rotatable bonds is 8. The molecular weight excluding hydrogens is 424 g/mol. The van der Waals surface area contributed by atoms with Crippen LogP contribution in [0, 0.1) is 0 Å². The molecule has 1 aliphatic rings. The van der Waals surface area contributed by atoms with Crippen LogP contribution in [0.1, 0.15) is 29.8 Å². The van der Waals surface area contributed by atoms with Gasteiger partial charge in [0.1, 0.15) is 11.5 Å². The number of nitrogens with zero attached hydrogens (tertiary/aromatic N) is 2. The molecule has 160 valence electrons. The molecule has 1 atom stereocenters. The number of amides is 1. The summed E-state index contributed by atoms with van der Waals surface area (Å²) in [7, 11) is 3.92. The van der Waals surface area contributed by atoms with Crippen LogP contribution in [0.2, 0.25) is 5.02 Å². The Kier molecular flexibility index (Phi) is 7.18. The fourth-order valence-electron chi connectivity index (χ4n) is 3.48. The number of halogens is 1. The number of ketones is 1. The lowest BCUT2D eigenvalue weighted by Gasteiger charge is -2.24. The third-order valence-electron chi connectivity index (χ3n) is 4.86. The van der Waals surface area contributed by atoms with Crippen molar-refractivity contribution < 1.29 is 19.4 Å². The molecule has 1 fully saturated rings. The highest BCUT2D eigenvalue weighted by Crippen LogP contribution is 2.41. The highest BCUT2D eigenvalue weighted by Gasteiger charge is 2.46. The van der Waals surface area contributed by atoms with Crippen LogP contribution < -0.4 is 4.74 Å². The first-order valence-electron chi connectivity index (χ1n) is 9.74. The molecule has 1 amide bonds. The second-order valence-corrected chi connectivity index (χ2v) is 8.63. The minimum absolute atomic E-state index is 0.0945. The number of aliphatic hydroxyl groups is 1. The van der Waals surface area contributed by atoms with E-state index in [0.29, 0.717) is 29.5 Å². The number of thiophene rings is 1. The fourth-order valence-corrected chi connectivity index (χ4v) is 4.50. The lowest BCUT2D eigenvalue weighted by Crippen LogP contribution is -2.32. The third kappa shape index (κ3) is 4.53. The SMILES string of the molecule is CCOc1cc(/C(O)=C2/C(=O)C(=O)N(CCCN(C)C)C2c2cccs2)ccc1Cl. The minimum atomic E-state index is -0.677. The summed E-state index contributed by atoms with van der Waals surface area (Å²) in [6, 6.07) is 7.95. The van der Waals surface area contributed by atoms with Crippen molar-refractivity contribution in [2.45, 2.75) is 19.4 Å². The van der Waals surface area contributed by atoms with E-state index >= 15 is 0 Å². The van der Waals surface area contributed by atoms with E-state index in [-0.39, 0.29) is 11.3 Å². The Morgan fingerprint density at radius 1 is 1.30 bits per heavy atom. The molecule has 3 rings (SSSR count). The van der Waals surface area contributed by atoms with Gasteiger partial charge in [0, 0.05) is 17.0 Å². The van der Waals surface area contributed by atoms with Crippen LogP contribution in [0.15, 0.2) is 41.3 Å². The molecule has 1 saturated heterocycles. The van der Waals surface area contributed by atoms with E-state index < -0.39 is 17.7 Å². The predicted molar refractivity (Wildman–Crippen MR) is 119 cm³/mol. The maximum atomic E-state index is 12.9. The van der Waals surface area contributed by atoms with Crippen molar-refractivity contribution in [1.82, 2.24) is 9.80 Å². The Hall–Kier alpha value is -2.35. The normalized spacial score (nSPS) is 18.4. The molecule has 0 spiro atoms. The average molecular weight is 449 g/mol. The van der Waals surface area contributed by atoms with Gasteiger partial charge in [-0.15, -0.1) is 11.3 Å². The Bertz CT molecular complexity index is 956. The van der Waals surface area contributed by atoms with Crippen LogP contribution in [0.5, 0.6) is 5.75 Å². The second-order valence-electron chi connectivity index (χ2n) is 7.24. The van der Waals surface area contributed by atoms with E-state index in [1.807, 2.05) is 43.4 Å². The molecule has 30 heavy (non-hydrogen) atoms. The number of Topliss-reactive ketones (excluding diaryl/α,β-unsaturated/α-hetero) is 1. The molecule has 1 N–H and O–H groups in total. The molecule has 6 nitrogen and oxygen atoms in total. The molecule has 1 aromatic heterocycles. The second kappa shape index (κ2) is 9.64. The lowest BCUT2D eigenvalue weighted by atomic mass is 9.99. The molecular formula is C22H25ClN2O4S. The van der Waals surface area contributed by atoms with Crippen molar-refractivity contribution in [2.24, 2.45) is 0 Å². The van der Waals surface area contributed by atoms with Crippen LogP contribution >= 0.6 is 22.9 Å². The van der Waals surface area contributed by atoms with Gasteiger partial charge in [0.25, 0.3) is 11.7 Å². The summed E-state index contributed by atoms with van der Waals surface area (Å²) in [5.74, 6) is -1.08. The molecule has 0 radical (unpaired) electrons. The smallest absolute Gasteiger partial charge is 0.295 e. The van der Waals surface area contributed by atoms with E-state index in [2.05, 4.69) is 0 Å². The number of hydrogen-bond acceptors (Lipinski definition) is 6. The zero-order valence-corrected chi connectivity index (χ0v) is 18.8. The van der Waals surface area contributed by atoms with Gasteiger partial charge >= 0.3 is 0 Å². The molecule has 0 saturated carbocycles. The fraction of sp³-hybridized carbons (Fsp3) is 0.364. The quantitative estimate of drug-likeness (QED) is 0.373.